The van der Waals surface area contributed by atoms with Gasteiger partial charge in [0.2, 0.25) is 0 Å². The third-order valence-electron chi connectivity index (χ3n) is 5.17. The molecule has 8 nitrogen and oxygen atoms in total. The topological polar surface area (TPSA) is 94.0 Å². The Labute approximate surface area is 169 Å². The fourth-order valence-corrected chi connectivity index (χ4v) is 3.55. The summed E-state index contributed by atoms with van der Waals surface area (Å²) in [6, 6.07) is 7.66. The summed E-state index contributed by atoms with van der Waals surface area (Å²) in [6.07, 6.45) is 3.85. The molecule has 8 heteroatoms. The van der Waals surface area contributed by atoms with E-state index in [1.54, 1.807) is 19.3 Å². The van der Waals surface area contributed by atoms with E-state index in [9.17, 15) is 4.79 Å². The summed E-state index contributed by atoms with van der Waals surface area (Å²) in [5, 5.41) is 11.0. The molecule has 1 aliphatic rings. The van der Waals surface area contributed by atoms with E-state index >= 15 is 0 Å². The number of rotatable bonds is 7. The molecule has 3 aromatic rings. The molecule has 2 unspecified atom stereocenters. The Hall–Kier alpha value is -3.00. The minimum atomic E-state index is -0.577. The Morgan fingerprint density at radius 1 is 1.31 bits per heavy atom. The summed E-state index contributed by atoms with van der Waals surface area (Å²) >= 11 is 0. The van der Waals surface area contributed by atoms with Crippen molar-refractivity contribution in [3.63, 3.8) is 0 Å². The maximum absolute atomic E-state index is 12.4. The maximum atomic E-state index is 12.4. The van der Waals surface area contributed by atoms with Crippen LogP contribution < -0.4 is 15.4 Å². The van der Waals surface area contributed by atoms with Crippen molar-refractivity contribution in [2.24, 2.45) is 0 Å². The Morgan fingerprint density at radius 2 is 2.10 bits per heavy atom. The van der Waals surface area contributed by atoms with E-state index < -0.39 is 6.10 Å². The van der Waals surface area contributed by atoms with Gasteiger partial charge in [-0.1, -0.05) is 17.7 Å². The number of ether oxygens (including phenoxy) is 1. The number of nitrogens with zero attached hydrogens (tertiary/aromatic N) is 4. The number of hydrogen-bond acceptors (Lipinski definition) is 6. The Balaban J connectivity index is 1.37. The van der Waals surface area contributed by atoms with Crippen LogP contribution in [0.2, 0.25) is 0 Å². The molecule has 2 N–H and O–H groups in total. The predicted octanol–water partition coefficient (Wildman–Crippen LogP) is 1.80. The van der Waals surface area contributed by atoms with Gasteiger partial charge in [0.15, 0.2) is 11.8 Å². The molecule has 152 valence electrons. The lowest BCUT2D eigenvalue weighted by atomic mass is 10.0. The lowest BCUT2D eigenvalue weighted by Crippen LogP contribution is -2.38. The number of amides is 1. The van der Waals surface area contributed by atoms with Gasteiger partial charge in [0.25, 0.3) is 5.91 Å². The van der Waals surface area contributed by atoms with Gasteiger partial charge in [-0.15, -0.1) is 0 Å². The third-order valence-corrected chi connectivity index (χ3v) is 5.17. The quantitative estimate of drug-likeness (QED) is 0.635. The van der Waals surface area contributed by atoms with E-state index in [1.165, 1.54) is 0 Å². The van der Waals surface area contributed by atoms with Gasteiger partial charge in [-0.05, 0) is 38.9 Å². The van der Waals surface area contributed by atoms with Crippen molar-refractivity contribution in [2.45, 2.75) is 38.8 Å². The molecule has 1 saturated heterocycles. The number of carbonyl (C=O) groups is 1. The lowest BCUT2D eigenvalue weighted by Gasteiger charge is -2.15. The van der Waals surface area contributed by atoms with Crippen molar-refractivity contribution in [3.05, 3.63) is 47.9 Å². The van der Waals surface area contributed by atoms with Crippen LogP contribution >= 0.6 is 0 Å². The smallest absolute Gasteiger partial charge is 0.260 e. The SMILES string of the molecule is Cc1ccc(OC(C)C(=O)NCCn2nc(C3CCNC3)c3nccnc32)cc1. The summed E-state index contributed by atoms with van der Waals surface area (Å²) in [5.41, 5.74) is 3.74. The fraction of sp³-hybridized carbons (Fsp3) is 0.429. The maximum Gasteiger partial charge on any atom is 0.260 e. The number of aryl methyl sites for hydroxylation is 1. The molecule has 0 saturated carbocycles. The molecule has 0 bridgehead atoms. The zero-order valence-electron chi connectivity index (χ0n) is 16.8. The summed E-state index contributed by atoms with van der Waals surface area (Å²) in [6.45, 7) is 6.63. The second kappa shape index (κ2) is 8.57. The van der Waals surface area contributed by atoms with Crippen molar-refractivity contribution in [1.82, 2.24) is 30.4 Å². The van der Waals surface area contributed by atoms with E-state index in [4.69, 9.17) is 9.84 Å². The molecule has 3 heterocycles. The highest BCUT2D eigenvalue weighted by atomic mass is 16.5. The zero-order chi connectivity index (χ0) is 20.2. The van der Waals surface area contributed by atoms with Crippen LogP contribution in [0.5, 0.6) is 5.75 Å². The van der Waals surface area contributed by atoms with E-state index in [0.717, 1.165) is 41.9 Å². The number of aromatic nitrogens is 4. The van der Waals surface area contributed by atoms with Gasteiger partial charge in [-0.25, -0.2) is 14.6 Å². The van der Waals surface area contributed by atoms with Gasteiger partial charge in [-0.3, -0.25) is 4.79 Å². The Morgan fingerprint density at radius 3 is 2.86 bits per heavy atom. The number of hydrogen-bond donors (Lipinski definition) is 2. The number of nitrogens with one attached hydrogen (secondary N) is 2. The van der Waals surface area contributed by atoms with Crippen molar-refractivity contribution >= 4 is 17.1 Å². The molecular formula is C21H26N6O2. The minimum Gasteiger partial charge on any atom is -0.481 e. The third kappa shape index (κ3) is 4.37. The zero-order valence-corrected chi connectivity index (χ0v) is 16.8. The molecular weight excluding hydrogens is 368 g/mol. The van der Waals surface area contributed by atoms with Gasteiger partial charge in [-0.2, -0.15) is 5.10 Å². The first kappa shape index (κ1) is 19.3. The number of benzene rings is 1. The summed E-state index contributed by atoms with van der Waals surface area (Å²) in [4.78, 5) is 21.3. The molecule has 2 aromatic heterocycles. The highest BCUT2D eigenvalue weighted by Gasteiger charge is 2.24. The molecule has 1 amide bonds. The highest BCUT2D eigenvalue weighted by Crippen LogP contribution is 2.26. The van der Waals surface area contributed by atoms with Crippen LogP contribution in [0, 0.1) is 6.92 Å². The van der Waals surface area contributed by atoms with Gasteiger partial charge < -0.3 is 15.4 Å². The van der Waals surface area contributed by atoms with E-state index in [2.05, 4.69) is 20.6 Å². The van der Waals surface area contributed by atoms with Crippen LogP contribution in [0.15, 0.2) is 36.7 Å². The second-order valence-corrected chi connectivity index (χ2v) is 7.39. The second-order valence-electron chi connectivity index (χ2n) is 7.39. The van der Waals surface area contributed by atoms with Crippen molar-refractivity contribution in [2.75, 3.05) is 19.6 Å². The van der Waals surface area contributed by atoms with Crippen LogP contribution in [-0.4, -0.2) is 51.4 Å². The average Bonchev–Trinajstić information content (AvgIpc) is 3.38. The van der Waals surface area contributed by atoms with E-state index in [1.807, 2.05) is 35.9 Å². The summed E-state index contributed by atoms with van der Waals surface area (Å²) in [7, 11) is 0. The first-order chi connectivity index (χ1) is 14.1. The largest absolute Gasteiger partial charge is 0.481 e. The van der Waals surface area contributed by atoms with Crippen LogP contribution in [-0.2, 0) is 11.3 Å². The summed E-state index contributed by atoms with van der Waals surface area (Å²) < 4.78 is 7.55. The monoisotopic (exact) mass is 394 g/mol. The number of carbonyl (C=O) groups excluding carboxylic acids is 1. The fourth-order valence-electron chi connectivity index (χ4n) is 3.55. The highest BCUT2D eigenvalue weighted by molar-refractivity contribution is 5.80. The number of fused-ring (bicyclic) bond motifs is 1. The first-order valence-electron chi connectivity index (χ1n) is 10.0. The minimum absolute atomic E-state index is 0.159. The molecule has 4 rings (SSSR count). The molecule has 29 heavy (non-hydrogen) atoms. The predicted molar refractivity (Wildman–Crippen MR) is 110 cm³/mol. The van der Waals surface area contributed by atoms with Crippen molar-refractivity contribution in [1.29, 1.82) is 0 Å². The van der Waals surface area contributed by atoms with Crippen LogP contribution in [0.4, 0.5) is 0 Å². The standard InChI is InChI=1S/C21H26N6O2/c1-14-3-5-17(6-4-14)29-15(2)21(28)25-11-12-27-20-19(23-9-10-24-20)18(26-27)16-7-8-22-13-16/h3-6,9-10,15-16,22H,7-8,11-13H2,1-2H3,(H,25,28). The van der Waals surface area contributed by atoms with Gasteiger partial charge in [0, 0.05) is 31.4 Å². The molecule has 2 atom stereocenters. The Bertz CT molecular complexity index is 979. The van der Waals surface area contributed by atoms with Gasteiger partial charge in [0.05, 0.1) is 12.2 Å². The van der Waals surface area contributed by atoms with Crippen LogP contribution in [0.1, 0.15) is 30.5 Å². The van der Waals surface area contributed by atoms with Crippen molar-refractivity contribution in [3.8, 4) is 5.75 Å². The normalized spacial score (nSPS) is 17.4. The van der Waals surface area contributed by atoms with Gasteiger partial charge >= 0.3 is 0 Å². The molecule has 1 aromatic carbocycles. The van der Waals surface area contributed by atoms with E-state index in [0.29, 0.717) is 24.8 Å². The molecule has 0 aliphatic carbocycles. The van der Waals surface area contributed by atoms with Crippen LogP contribution in [0.25, 0.3) is 11.2 Å². The summed E-state index contributed by atoms with van der Waals surface area (Å²) in [5.74, 6) is 0.878. The average molecular weight is 394 g/mol. The van der Waals surface area contributed by atoms with Gasteiger partial charge in [0.1, 0.15) is 11.3 Å². The first-order valence-corrected chi connectivity index (χ1v) is 10.0. The molecule has 1 aliphatic heterocycles. The van der Waals surface area contributed by atoms with E-state index in [-0.39, 0.29) is 5.91 Å². The lowest BCUT2D eigenvalue weighted by molar-refractivity contribution is -0.127. The molecule has 1 fully saturated rings. The Kier molecular flexibility index (Phi) is 5.71. The molecule has 0 radical (unpaired) electrons. The van der Waals surface area contributed by atoms with Crippen molar-refractivity contribution < 1.29 is 9.53 Å². The van der Waals surface area contributed by atoms with Crippen LogP contribution in [0.3, 0.4) is 0 Å². The molecule has 0 spiro atoms.